The van der Waals surface area contributed by atoms with Crippen molar-refractivity contribution >= 4 is 11.6 Å². The molecule has 2 aromatic heterocycles. The molecule has 3 heterocycles. The van der Waals surface area contributed by atoms with Gasteiger partial charge in [-0.05, 0) is 25.8 Å². The topological polar surface area (TPSA) is 98.1 Å². The van der Waals surface area contributed by atoms with E-state index in [2.05, 4.69) is 20.0 Å². The lowest BCUT2D eigenvalue weighted by molar-refractivity contribution is 0.100. The van der Waals surface area contributed by atoms with Crippen molar-refractivity contribution in [2.75, 3.05) is 18.0 Å². The van der Waals surface area contributed by atoms with Crippen LogP contribution in [0.25, 0.3) is 0 Å². The summed E-state index contributed by atoms with van der Waals surface area (Å²) in [5.41, 5.74) is 6.71. The van der Waals surface area contributed by atoms with Crippen LogP contribution in [0.2, 0.25) is 0 Å². The summed E-state index contributed by atoms with van der Waals surface area (Å²) in [7, 11) is 0. The predicted octanol–water partition coefficient (Wildman–Crippen LogP) is 1.26. The molecule has 110 valence electrons. The fourth-order valence-electron chi connectivity index (χ4n) is 2.70. The molecule has 7 nitrogen and oxygen atoms in total. The molecule has 3 rings (SSSR count). The molecular weight excluding hydrogens is 270 g/mol. The van der Waals surface area contributed by atoms with Gasteiger partial charge in [0.25, 0.3) is 5.91 Å². The summed E-state index contributed by atoms with van der Waals surface area (Å²) >= 11 is 0. The van der Waals surface area contributed by atoms with Crippen molar-refractivity contribution in [3.63, 3.8) is 0 Å². The second-order valence-corrected chi connectivity index (χ2v) is 5.20. The van der Waals surface area contributed by atoms with E-state index in [1.54, 1.807) is 6.20 Å². The van der Waals surface area contributed by atoms with Gasteiger partial charge in [0.15, 0.2) is 5.82 Å². The zero-order valence-corrected chi connectivity index (χ0v) is 11.8. The number of carbonyl (C=O) groups excluding carboxylic acids is 1. The Morgan fingerprint density at radius 2 is 2.19 bits per heavy atom. The number of amides is 1. The molecule has 21 heavy (non-hydrogen) atoms. The minimum Gasteiger partial charge on any atom is -0.371 e. The Morgan fingerprint density at radius 3 is 2.81 bits per heavy atom. The van der Waals surface area contributed by atoms with Crippen molar-refractivity contribution in [2.24, 2.45) is 5.73 Å². The average Bonchev–Trinajstić information content (AvgIpc) is 2.94. The highest BCUT2D eigenvalue weighted by atomic mass is 16.5. The molecule has 0 saturated carbocycles. The molecule has 0 radical (unpaired) electrons. The van der Waals surface area contributed by atoms with Gasteiger partial charge in [0.05, 0.1) is 11.3 Å². The molecule has 2 N–H and O–H groups in total. The molecule has 0 bridgehead atoms. The summed E-state index contributed by atoms with van der Waals surface area (Å²) in [5.74, 6) is 1.20. The molecule has 0 aliphatic carbocycles. The largest absolute Gasteiger partial charge is 0.371 e. The number of hydrogen-bond acceptors (Lipinski definition) is 6. The van der Waals surface area contributed by atoms with E-state index in [-0.39, 0.29) is 5.92 Å². The highest BCUT2D eigenvalue weighted by Crippen LogP contribution is 2.30. The van der Waals surface area contributed by atoms with E-state index < -0.39 is 5.91 Å². The minimum atomic E-state index is -0.451. The van der Waals surface area contributed by atoms with Crippen LogP contribution < -0.4 is 10.6 Å². The first kappa shape index (κ1) is 13.5. The van der Waals surface area contributed by atoms with Gasteiger partial charge in [-0.2, -0.15) is 4.98 Å². The standard InChI is InChI=1S/C14H17N5O2/c1-9-17-14(21-18-9)10-3-6-19(7-4-10)12-2-5-16-8-11(12)13(15)20/h2,5,8,10H,3-4,6-7H2,1H3,(H2,15,20). The maximum atomic E-state index is 11.5. The molecule has 1 saturated heterocycles. The number of pyridine rings is 1. The molecule has 1 fully saturated rings. The third-order valence-corrected chi connectivity index (χ3v) is 3.79. The van der Waals surface area contributed by atoms with E-state index >= 15 is 0 Å². The molecule has 0 spiro atoms. The van der Waals surface area contributed by atoms with Crippen molar-refractivity contribution in [1.82, 2.24) is 15.1 Å². The van der Waals surface area contributed by atoms with Crippen LogP contribution in [-0.4, -0.2) is 34.1 Å². The summed E-state index contributed by atoms with van der Waals surface area (Å²) in [6.07, 6.45) is 5.00. The number of hydrogen-bond donors (Lipinski definition) is 1. The molecule has 1 aliphatic heterocycles. The van der Waals surface area contributed by atoms with Gasteiger partial charge in [-0.25, -0.2) is 0 Å². The number of aryl methyl sites for hydroxylation is 1. The van der Waals surface area contributed by atoms with Crippen LogP contribution in [0.4, 0.5) is 5.69 Å². The smallest absolute Gasteiger partial charge is 0.252 e. The zero-order chi connectivity index (χ0) is 14.8. The molecule has 1 aliphatic rings. The first-order chi connectivity index (χ1) is 10.1. The summed E-state index contributed by atoms with van der Waals surface area (Å²) in [6.45, 7) is 3.45. The third-order valence-electron chi connectivity index (χ3n) is 3.79. The van der Waals surface area contributed by atoms with E-state index in [1.807, 2.05) is 13.0 Å². The van der Waals surface area contributed by atoms with E-state index in [9.17, 15) is 4.79 Å². The fourth-order valence-corrected chi connectivity index (χ4v) is 2.70. The molecule has 2 aromatic rings. The van der Waals surface area contributed by atoms with Gasteiger partial charge in [0.2, 0.25) is 5.89 Å². The quantitative estimate of drug-likeness (QED) is 0.912. The van der Waals surface area contributed by atoms with Gasteiger partial charge < -0.3 is 15.2 Å². The average molecular weight is 287 g/mol. The van der Waals surface area contributed by atoms with Crippen LogP contribution in [0.1, 0.15) is 40.8 Å². The molecule has 7 heteroatoms. The summed E-state index contributed by atoms with van der Waals surface area (Å²) in [4.78, 5) is 21.9. The Bertz CT molecular complexity index is 646. The monoisotopic (exact) mass is 287 g/mol. The van der Waals surface area contributed by atoms with Crippen LogP contribution in [0, 0.1) is 6.92 Å². The van der Waals surface area contributed by atoms with Crippen molar-refractivity contribution in [3.05, 3.63) is 35.7 Å². The normalized spacial score (nSPS) is 16.1. The van der Waals surface area contributed by atoms with Crippen LogP contribution in [0.15, 0.2) is 23.0 Å². The lowest BCUT2D eigenvalue weighted by Gasteiger charge is -2.32. The number of carbonyl (C=O) groups is 1. The molecule has 0 aromatic carbocycles. The Morgan fingerprint density at radius 1 is 1.43 bits per heavy atom. The van der Waals surface area contributed by atoms with Gasteiger partial charge in [-0.3, -0.25) is 9.78 Å². The number of anilines is 1. The Labute approximate surface area is 122 Å². The second kappa shape index (κ2) is 5.51. The van der Waals surface area contributed by atoms with Gasteiger partial charge in [-0.15, -0.1) is 0 Å². The zero-order valence-electron chi connectivity index (χ0n) is 11.8. The SMILES string of the molecule is Cc1noc(C2CCN(c3ccncc3C(N)=O)CC2)n1. The number of piperidine rings is 1. The van der Waals surface area contributed by atoms with E-state index in [0.29, 0.717) is 17.3 Å². The van der Waals surface area contributed by atoms with E-state index in [0.717, 1.165) is 31.6 Å². The summed E-state index contributed by atoms with van der Waals surface area (Å²) in [5, 5.41) is 3.84. The number of nitrogens with zero attached hydrogens (tertiary/aromatic N) is 4. The predicted molar refractivity (Wildman–Crippen MR) is 76.0 cm³/mol. The Balaban J connectivity index is 1.73. The second-order valence-electron chi connectivity index (χ2n) is 5.20. The minimum absolute atomic E-state index is 0.279. The summed E-state index contributed by atoms with van der Waals surface area (Å²) in [6, 6.07) is 1.83. The van der Waals surface area contributed by atoms with Crippen molar-refractivity contribution in [3.8, 4) is 0 Å². The van der Waals surface area contributed by atoms with Crippen LogP contribution in [0.3, 0.4) is 0 Å². The molecular formula is C14H17N5O2. The third kappa shape index (κ3) is 2.72. The highest BCUT2D eigenvalue weighted by molar-refractivity contribution is 5.98. The number of nitrogens with two attached hydrogens (primary N) is 1. The first-order valence-electron chi connectivity index (χ1n) is 6.94. The number of rotatable bonds is 3. The van der Waals surface area contributed by atoms with E-state index in [4.69, 9.17) is 10.3 Å². The van der Waals surface area contributed by atoms with Crippen molar-refractivity contribution in [1.29, 1.82) is 0 Å². The highest BCUT2D eigenvalue weighted by Gasteiger charge is 2.26. The summed E-state index contributed by atoms with van der Waals surface area (Å²) < 4.78 is 5.24. The number of primary amides is 1. The van der Waals surface area contributed by atoms with Gasteiger partial charge in [0, 0.05) is 31.4 Å². The van der Waals surface area contributed by atoms with Gasteiger partial charge in [0.1, 0.15) is 0 Å². The first-order valence-corrected chi connectivity index (χ1v) is 6.94. The van der Waals surface area contributed by atoms with Gasteiger partial charge in [-0.1, -0.05) is 5.16 Å². The van der Waals surface area contributed by atoms with Crippen molar-refractivity contribution < 1.29 is 9.32 Å². The Hall–Kier alpha value is -2.44. The molecule has 1 amide bonds. The van der Waals surface area contributed by atoms with Gasteiger partial charge >= 0.3 is 0 Å². The molecule has 0 unspecified atom stereocenters. The lowest BCUT2D eigenvalue weighted by atomic mass is 9.96. The Kier molecular flexibility index (Phi) is 3.55. The maximum absolute atomic E-state index is 11.5. The lowest BCUT2D eigenvalue weighted by Crippen LogP contribution is -2.34. The van der Waals surface area contributed by atoms with E-state index in [1.165, 1.54) is 6.20 Å². The molecule has 0 atom stereocenters. The fraction of sp³-hybridized carbons (Fsp3) is 0.429. The van der Waals surface area contributed by atoms with Crippen molar-refractivity contribution in [2.45, 2.75) is 25.7 Å². The van der Waals surface area contributed by atoms with Crippen LogP contribution >= 0.6 is 0 Å². The van der Waals surface area contributed by atoms with Crippen LogP contribution in [-0.2, 0) is 0 Å². The van der Waals surface area contributed by atoms with Crippen LogP contribution in [0.5, 0.6) is 0 Å². The number of aromatic nitrogens is 3. The maximum Gasteiger partial charge on any atom is 0.252 e.